The molecule has 1 aliphatic heterocycles. The highest BCUT2D eigenvalue weighted by molar-refractivity contribution is 5.78. The highest BCUT2D eigenvalue weighted by atomic mass is 19.1. The molecular formula is C17H14FNO2. The first kappa shape index (κ1) is 12.6. The second-order valence-electron chi connectivity index (χ2n) is 5.33. The largest absolute Gasteiger partial charge is 0.459 e. The lowest BCUT2D eigenvalue weighted by Gasteiger charge is -2.10. The van der Waals surface area contributed by atoms with Crippen molar-refractivity contribution in [3.05, 3.63) is 70.7 Å². The van der Waals surface area contributed by atoms with Crippen molar-refractivity contribution in [1.29, 1.82) is 0 Å². The van der Waals surface area contributed by atoms with Gasteiger partial charge >= 0.3 is 0 Å². The van der Waals surface area contributed by atoms with Crippen LogP contribution in [-0.4, -0.2) is 0 Å². The third-order valence-electron chi connectivity index (χ3n) is 3.91. The van der Waals surface area contributed by atoms with Crippen LogP contribution in [0.4, 0.5) is 4.39 Å². The summed E-state index contributed by atoms with van der Waals surface area (Å²) in [6.07, 6.45) is 0. The number of nitrogens with two attached hydrogens (primary N) is 1. The molecule has 106 valence electrons. The van der Waals surface area contributed by atoms with E-state index in [-0.39, 0.29) is 11.9 Å². The third-order valence-corrected chi connectivity index (χ3v) is 3.91. The molecule has 0 amide bonds. The zero-order valence-electron chi connectivity index (χ0n) is 11.3. The molecular weight excluding hydrogens is 269 g/mol. The van der Waals surface area contributed by atoms with Gasteiger partial charge in [-0.05, 0) is 41.0 Å². The number of hydrogen-bond acceptors (Lipinski definition) is 3. The predicted octanol–water partition coefficient (Wildman–Crippen LogP) is 3.65. The van der Waals surface area contributed by atoms with Crippen molar-refractivity contribution in [2.45, 2.75) is 19.3 Å². The summed E-state index contributed by atoms with van der Waals surface area (Å²) >= 11 is 0. The molecule has 3 aromatic rings. The Bertz CT molecular complexity index is 825. The Balaban J connectivity index is 1.73. The Morgan fingerprint density at radius 1 is 1.00 bits per heavy atom. The van der Waals surface area contributed by atoms with E-state index in [1.54, 1.807) is 12.1 Å². The minimum absolute atomic E-state index is 0.280. The second-order valence-corrected chi connectivity index (χ2v) is 5.33. The van der Waals surface area contributed by atoms with Crippen molar-refractivity contribution >= 4 is 11.0 Å². The van der Waals surface area contributed by atoms with E-state index in [0.717, 1.165) is 10.9 Å². The lowest BCUT2D eigenvalue weighted by Crippen LogP contribution is -2.11. The minimum Gasteiger partial charge on any atom is -0.459 e. The van der Waals surface area contributed by atoms with Gasteiger partial charge in [-0.25, -0.2) is 4.39 Å². The highest BCUT2D eigenvalue weighted by Crippen LogP contribution is 2.29. The van der Waals surface area contributed by atoms with E-state index in [0.29, 0.717) is 24.6 Å². The number of ether oxygens (including phenoxy) is 1. The molecule has 0 saturated carbocycles. The zero-order valence-corrected chi connectivity index (χ0v) is 11.3. The fourth-order valence-corrected chi connectivity index (χ4v) is 2.74. The van der Waals surface area contributed by atoms with Gasteiger partial charge in [0.05, 0.1) is 19.3 Å². The number of halogens is 1. The molecule has 1 unspecified atom stereocenters. The van der Waals surface area contributed by atoms with Gasteiger partial charge in [0.2, 0.25) is 0 Å². The van der Waals surface area contributed by atoms with Crippen molar-refractivity contribution in [2.24, 2.45) is 5.73 Å². The van der Waals surface area contributed by atoms with Gasteiger partial charge in [0, 0.05) is 5.39 Å². The summed E-state index contributed by atoms with van der Waals surface area (Å²) < 4.78 is 24.4. The lowest BCUT2D eigenvalue weighted by molar-refractivity contribution is 0.134. The molecule has 4 rings (SSSR count). The maximum Gasteiger partial charge on any atom is 0.134 e. The maximum absolute atomic E-state index is 13.2. The maximum atomic E-state index is 13.2. The second kappa shape index (κ2) is 4.69. The molecule has 0 fully saturated rings. The summed E-state index contributed by atoms with van der Waals surface area (Å²) in [6.45, 7) is 1.29. The van der Waals surface area contributed by atoms with Crippen LogP contribution in [-0.2, 0) is 18.0 Å². The zero-order chi connectivity index (χ0) is 14.4. The molecule has 1 aliphatic rings. The van der Waals surface area contributed by atoms with Crippen LogP contribution in [0.3, 0.4) is 0 Å². The van der Waals surface area contributed by atoms with E-state index in [9.17, 15) is 4.39 Å². The number of hydrogen-bond donors (Lipinski definition) is 1. The van der Waals surface area contributed by atoms with Crippen LogP contribution < -0.4 is 5.73 Å². The first-order chi connectivity index (χ1) is 10.2. The highest BCUT2D eigenvalue weighted by Gasteiger charge is 2.18. The molecule has 3 nitrogen and oxygen atoms in total. The Hall–Kier alpha value is -2.17. The Labute approximate surface area is 121 Å². The Kier molecular flexibility index (Phi) is 2.80. The lowest BCUT2D eigenvalue weighted by atomic mass is 10.00. The summed E-state index contributed by atoms with van der Waals surface area (Å²) in [5.74, 6) is 0.354. The predicted molar refractivity (Wildman–Crippen MR) is 77.1 cm³/mol. The van der Waals surface area contributed by atoms with E-state index >= 15 is 0 Å². The van der Waals surface area contributed by atoms with Crippen LogP contribution >= 0.6 is 0 Å². The first-order valence-corrected chi connectivity index (χ1v) is 6.85. The van der Waals surface area contributed by atoms with Crippen LogP contribution in [0.1, 0.15) is 28.5 Å². The number of furan rings is 1. The van der Waals surface area contributed by atoms with Crippen LogP contribution in [0, 0.1) is 5.82 Å². The molecule has 0 aliphatic carbocycles. The molecule has 4 heteroatoms. The molecule has 2 aromatic carbocycles. The van der Waals surface area contributed by atoms with E-state index in [1.807, 2.05) is 12.1 Å². The number of rotatable bonds is 2. The van der Waals surface area contributed by atoms with Crippen LogP contribution in [0.5, 0.6) is 0 Å². The van der Waals surface area contributed by atoms with Gasteiger partial charge in [0.25, 0.3) is 0 Å². The molecule has 0 bridgehead atoms. The fraction of sp³-hybridized carbons (Fsp3) is 0.176. The number of benzene rings is 2. The summed E-state index contributed by atoms with van der Waals surface area (Å²) in [5.41, 5.74) is 10.3. The fourth-order valence-electron chi connectivity index (χ4n) is 2.74. The van der Waals surface area contributed by atoms with Crippen LogP contribution in [0.2, 0.25) is 0 Å². The van der Waals surface area contributed by atoms with Crippen molar-refractivity contribution in [1.82, 2.24) is 0 Å². The molecule has 1 aromatic heterocycles. The SMILES string of the molecule is NC(c1ccc2c(c1)COC2)c1cc2cc(F)ccc2o1. The normalized spacial score (nSPS) is 15.3. The Morgan fingerprint density at radius 2 is 1.86 bits per heavy atom. The van der Waals surface area contributed by atoms with E-state index < -0.39 is 0 Å². The summed E-state index contributed by atoms with van der Waals surface area (Å²) in [5, 5.41) is 0.727. The molecule has 1 atom stereocenters. The van der Waals surface area contributed by atoms with E-state index in [2.05, 4.69) is 6.07 Å². The van der Waals surface area contributed by atoms with Crippen molar-refractivity contribution < 1.29 is 13.5 Å². The molecule has 2 heterocycles. The van der Waals surface area contributed by atoms with Gasteiger partial charge < -0.3 is 14.9 Å². The number of fused-ring (bicyclic) bond motifs is 2. The summed E-state index contributed by atoms with van der Waals surface area (Å²) in [4.78, 5) is 0. The molecule has 0 radical (unpaired) electrons. The van der Waals surface area contributed by atoms with Crippen molar-refractivity contribution in [3.63, 3.8) is 0 Å². The standard InChI is InChI=1S/C17H14FNO2/c18-14-3-4-15-12(6-14)7-16(21-15)17(19)10-1-2-11-8-20-9-13(11)5-10/h1-7,17H,8-9,19H2. The van der Waals surface area contributed by atoms with Crippen LogP contribution in [0.15, 0.2) is 46.9 Å². The van der Waals surface area contributed by atoms with Gasteiger partial charge in [-0.15, -0.1) is 0 Å². The van der Waals surface area contributed by atoms with Gasteiger partial charge in [0.1, 0.15) is 17.2 Å². The smallest absolute Gasteiger partial charge is 0.134 e. The molecule has 2 N–H and O–H groups in total. The summed E-state index contributed by atoms with van der Waals surface area (Å²) in [6, 6.07) is 12.0. The monoisotopic (exact) mass is 283 g/mol. The van der Waals surface area contributed by atoms with Crippen LogP contribution in [0.25, 0.3) is 11.0 Å². The Morgan fingerprint density at radius 3 is 2.76 bits per heavy atom. The van der Waals surface area contributed by atoms with E-state index in [4.69, 9.17) is 14.9 Å². The minimum atomic E-state index is -0.369. The van der Waals surface area contributed by atoms with Gasteiger partial charge in [-0.2, -0.15) is 0 Å². The average Bonchev–Trinajstić information content (AvgIpc) is 3.11. The quantitative estimate of drug-likeness (QED) is 0.781. The summed E-state index contributed by atoms with van der Waals surface area (Å²) in [7, 11) is 0. The van der Waals surface area contributed by atoms with Crippen molar-refractivity contribution in [3.8, 4) is 0 Å². The molecule has 21 heavy (non-hydrogen) atoms. The van der Waals surface area contributed by atoms with Crippen molar-refractivity contribution in [2.75, 3.05) is 0 Å². The van der Waals surface area contributed by atoms with Gasteiger partial charge in [-0.1, -0.05) is 18.2 Å². The third kappa shape index (κ3) is 2.13. The molecule has 0 spiro atoms. The van der Waals surface area contributed by atoms with E-state index in [1.165, 1.54) is 23.3 Å². The van der Waals surface area contributed by atoms with Gasteiger partial charge in [-0.3, -0.25) is 0 Å². The molecule has 0 saturated heterocycles. The van der Waals surface area contributed by atoms with Gasteiger partial charge in [0.15, 0.2) is 0 Å². The topological polar surface area (TPSA) is 48.4 Å². The average molecular weight is 283 g/mol. The first-order valence-electron chi connectivity index (χ1n) is 6.85.